The van der Waals surface area contributed by atoms with Crippen LogP contribution in [0.3, 0.4) is 0 Å². The Labute approximate surface area is 145 Å². The van der Waals surface area contributed by atoms with Crippen LogP contribution < -0.4 is 5.32 Å². The van der Waals surface area contributed by atoms with Gasteiger partial charge in [-0.15, -0.1) is 0 Å². The zero-order valence-electron chi connectivity index (χ0n) is 14.0. The van der Waals surface area contributed by atoms with E-state index in [0.717, 1.165) is 16.7 Å². The Morgan fingerprint density at radius 2 is 2.04 bits per heavy atom. The average Bonchev–Trinajstić information content (AvgIpc) is 3.07. The normalized spacial score (nSPS) is 10.6. The molecule has 1 amide bonds. The van der Waals surface area contributed by atoms with Gasteiger partial charge < -0.3 is 9.84 Å². The number of amides is 1. The fraction of sp³-hybridized carbons (Fsp3) is 0.200. The van der Waals surface area contributed by atoms with Crippen molar-refractivity contribution in [1.29, 1.82) is 0 Å². The summed E-state index contributed by atoms with van der Waals surface area (Å²) in [4.78, 5) is 12.1. The Hall–Kier alpha value is -2.95. The number of carbonyl (C=O) groups excluding carboxylic acids is 1. The summed E-state index contributed by atoms with van der Waals surface area (Å²) in [5, 5.41) is 6.84. The molecule has 3 rings (SSSR count). The highest BCUT2D eigenvalue weighted by atomic mass is 19.1. The zero-order chi connectivity index (χ0) is 17.6. The molecule has 0 saturated heterocycles. The summed E-state index contributed by atoms with van der Waals surface area (Å²) in [5.74, 6) is -0.379. The molecule has 0 aliphatic carbocycles. The third kappa shape index (κ3) is 4.53. The molecule has 0 saturated carbocycles. The maximum absolute atomic E-state index is 13.4. The van der Waals surface area contributed by atoms with Gasteiger partial charge >= 0.3 is 0 Å². The third-order valence-electron chi connectivity index (χ3n) is 3.93. The molecule has 2 aromatic carbocycles. The van der Waals surface area contributed by atoms with Crippen LogP contribution in [0.15, 0.2) is 59.3 Å². The summed E-state index contributed by atoms with van der Waals surface area (Å²) >= 11 is 0. The van der Waals surface area contributed by atoms with E-state index in [9.17, 15) is 9.18 Å². The van der Waals surface area contributed by atoms with E-state index in [-0.39, 0.29) is 11.7 Å². The molecule has 0 fully saturated rings. The van der Waals surface area contributed by atoms with Gasteiger partial charge in [-0.3, -0.25) is 4.79 Å². The van der Waals surface area contributed by atoms with E-state index in [4.69, 9.17) is 4.52 Å². The van der Waals surface area contributed by atoms with Crippen LogP contribution in [0.1, 0.15) is 23.1 Å². The monoisotopic (exact) mass is 338 g/mol. The molecule has 1 N–H and O–H groups in total. The van der Waals surface area contributed by atoms with Crippen LogP contribution in [0, 0.1) is 12.7 Å². The number of nitrogens with zero attached hydrogens (tertiary/aromatic N) is 1. The SMILES string of the molecule is Cc1cccc(CNC(=O)CCc2conc2-c2cccc(F)c2)c1. The van der Waals surface area contributed by atoms with Crippen LogP contribution in [0.25, 0.3) is 11.3 Å². The highest BCUT2D eigenvalue weighted by Crippen LogP contribution is 2.23. The summed E-state index contributed by atoms with van der Waals surface area (Å²) in [6.45, 7) is 2.52. The Bertz CT molecular complexity index is 873. The molecule has 4 nitrogen and oxygen atoms in total. The van der Waals surface area contributed by atoms with Crippen molar-refractivity contribution < 1.29 is 13.7 Å². The van der Waals surface area contributed by atoms with E-state index in [1.807, 2.05) is 31.2 Å². The van der Waals surface area contributed by atoms with Crippen LogP contribution in [-0.4, -0.2) is 11.1 Å². The minimum absolute atomic E-state index is 0.0482. The predicted molar refractivity (Wildman–Crippen MR) is 93.2 cm³/mol. The summed E-state index contributed by atoms with van der Waals surface area (Å²) in [6, 6.07) is 14.2. The lowest BCUT2D eigenvalue weighted by Gasteiger charge is -2.06. The van der Waals surface area contributed by atoms with Crippen molar-refractivity contribution in [1.82, 2.24) is 10.5 Å². The van der Waals surface area contributed by atoms with Gasteiger partial charge in [0.05, 0.1) is 0 Å². The summed E-state index contributed by atoms with van der Waals surface area (Å²) in [7, 11) is 0. The number of carbonyl (C=O) groups is 1. The summed E-state index contributed by atoms with van der Waals surface area (Å²) in [5.41, 5.74) is 4.24. The van der Waals surface area contributed by atoms with Gasteiger partial charge in [-0.05, 0) is 31.0 Å². The first-order valence-corrected chi connectivity index (χ1v) is 8.13. The van der Waals surface area contributed by atoms with Crippen LogP contribution in [-0.2, 0) is 17.8 Å². The molecule has 25 heavy (non-hydrogen) atoms. The van der Waals surface area contributed by atoms with E-state index in [0.29, 0.717) is 30.6 Å². The molecule has 5 heteroatoms. The minimum Gasteiger partial charge on any atom is -0.364 e. The first kappa shape index (κ1) is 16.9. The Kier molecular flexibility index (Phi) is 5.23. The minimum atomic E-state index is -0.331. The summed E-state index contributed by atoms with van der Waals surface area (Å²) in [6.07, 6.45) is 2.30. The lowest BCUT2D eigenvalue weighted by molar-refractivity contribution is -0.121. The lowest BCUT2D eigenvalue weighted by atomic mass is 10.0. The molecule has 0 aliphatic rings. The second-order valence-corrected chi connectivity index (χ2v) is 5.96. The number of hydrogen-bond donors (Lipinski definition) is 1. The zero-order valence-corrected chi connectivity index (χ0v) is 14.0. The van der Waals surface area contributed by atoms with Crippen molar-refractivity contribution in [2.75, 3.05) is 0 Å². The number of rotatable bonds is 6. The number of aromatic nitrogens is 1. The fourth-order valence-electron chi connectivity index (χ4n) is 2.67. The van der Waals surface area contributed by atoms with Gasteiger partial charge in [0.2, 0.25) is 5.91 Å². The van der Waals surface area contributed by atoms with Gasteiger partial charge in [0, 0.05) is 24.1 Å². The quantitative estimate of drug-likeness (QED) is 0.738. The average molecular weight is 338 g/mol. The molecule has 0 unspecified atom stereocenters. The van der Waals surface area contributed by atoms with Crippen molar-refractivity contribution in [3.8, 4) is 11.3 Å². The Morgan fingerprint density at radius 1 is 1.20 bits per heavy atom. The van der Waals surface area contributed by atoms with Crippen molar-refractivity contribution >= 4 is 5.91 Å². The van der Waals surface area contributed by atoms with E-state index in [2.05, 4.69) is 10.5 Å². The van der Waals surface area contributed by atoms with E-state index in [1.165, 1.54) is 18.4 Å². The van der Waals surface area contributed by atoms with Crippen LogP contribution >= 0.6 is 0 Å². The van der Waals surface area contributed by atoms with E-state index < -0.39 is 0 Å². The van der Waals surface area contributed by atoms with Crippen molar-refractivity contribution in [3.63, 3.8) is 0 Å². The standard InChI is InChI=1S/C20H19FN2O2/c1-14-4-2-5-15(10-14)12-22-19(24)9-8-17-13-25-23-20(17)16-6-3-7-18(21)11-16/h2-7,10-11,13H,8-9,12H2,1H3,(H,22,24). The largest absolute Gasteiger partial charge is 0.364 e. The van der Waals surface area contributed by atoms with Crippen LogP contribution in [0.4, 0.5) is 4.39 Å². The molecule has 0 bridgehead atoms. The number of aryl methyl sites for hydroxylation is 2. The van der Waals surface area contributed by atoms with Gasteiger partial charge in [-0.25, -0.2) is 4.39 Å². The third-order valence-corrected chi connectivity index (χ3v) is 3.93. The van der Waals surface area contributed by atoms with Crippen LogP contribution in [0.5, 0.6) is 0 Å². The number of halogens is 1. The number of hydrogen-bond acceptors (Lipinski definition) is 3. The van der Waals surface area contributed by atoms with Crippen molar-refractivity contribution in [3.05, 3.63) is 77.3 Å². The topological polar surface area (TPSA) is 55.1 Å². The second-order valence-electron chi connectivity index (χ2n) is 5.96. The molecule has 128 valence electrons. The van der Waals surface area contributed by atoms with Crippen LogP contribution in [0.2, 0.25) is 0 Å². The fourth-order valence-corrected chi connectivity index (χ4v) is 2.67. The first-order chi connectivity index (χ1) is 12.1. The van der Waals surface area contributed by atoms with Gasteiger partial charge in [0.1, 0.15) is 17.8 Å². The smallest absolute Gasteiger partial charge is 0.220 e. The maximum atomic E-state index is 13.4. The Balaban J connectivity index is 1.57. The summed E-state index contributed by atoms with van der Waals surface area (Å²) < 4.78 is 18.4. The van der Waals surface area contributed by atoms with Crippen molar-refractivity contribution in [2.45, 2.75) is 26.3 Å². The predicted octanol–water partition coefficient (Wildman–Crippen LogP) is 4.04. The number of benzene rings is 2. The molecule has 1 aromatic heterocycles. The van der Waals surface area contributed by atoms with Gasteiger partial charge in [-0.2, -0.15) is 0 Å². The molecule has 3 aromatic rings. The highest BCUT2D eigenvalue weighted by molar-refractivity contribution is 5.76. The maximum Gasteiger partial charge on any atom is 0.220 e. The second kappa shape index (κ2) is 7.75. The number of nitrogens with one attached hydrogen (secondary N) is 1. The molecular weight excluding hydrogens is 319 g/mol. The first-order valence-electron chi connectivity index (χ1n) is 8.13. The Morgan fingerprint density at radius 3 is 2.84 bits per heavy atom. The van der Waals surface area contributed by atoms with Gasteiger partial charge in [0.25, 0.3) is 0 Å². The van der Waals surface area contributed by atoms with E-state index >= 15 is 0 Å². The van der Waals surface area contributed by atoms with Crippen molar-refractivity contribution in [2.24, 2.45) is 0 Å². The van der Waals surface area contributed by atoms with Gasteiger partial charge in [-0.1, -0.05) is 47.1 Å². The lowest BCUT2D eigenvalue weighted by Crippen LogP contribution is -2.23. The molecule has 0 radical (unpaired) electrons. The molecule has 0 aliphatic heterocycles. The molecule has 1 heterocycles. The van der Waals surface area contributed by atoms with Gasteiger partial charge in [0.15, 0.2) is 0 Å². The van der Waals surface area contributed by atoms with E-state index in [1.54, 1.807) is 12.1 Å². The molecule has 0 atom stereocenters. The molecular formula is C20H19FN2O2. The highest BCUT2D eigenvalue weighted by Gasteiger charge is 2.12. The molecule has 0 spiro atoms.